The van der Waals surface area contributed by atoms with Gasteiger partial charge in [0.1, 0.15) is 0 Å². The Morgan fingerprint density at radius 1 is 1.26 bits per heavy atom. The fourth-order valence-electron chi connectivity index (χ4n) is 2.57. The quantitative estimate of drug-likeness (QED) is 0.839. The lowest BCUT2D eigenvalue weighted by Crippen LogP contribution is -2.36. The number of anilines is 1. The summed E-state index contributed by atoms with van der Waals surface area (Å²) in [4.78, 5) is 15.7. The van der Waals surface area contributed by atoms with Gasteiger partial charge in [0.15, 0.2) is 0 Å². The van der Waals surface area contributed by atoms with Crippen LogP contribution in [0.3, 0.4) is 0 Å². The maximum Gasteiger partial charge on any atom is 0.319 e. The molecule has 4 nitrogen and oxygen atoms in total. The number of para-hydroxylation sites is 1. The molecule has 0 saturated carbocycles. The Morgan fingerprint density at radius 2 is 2.04 bits per heavy atom. The van der Waals surface area contributed by atoms with E-state index in [-0.39, 0.29) is 12.1 Å². The molecule has 0 aliphatic rings. The summed E-state index contributed by atoms with van der Waals surface area (Å²) in [6, 6.07) is 10.3. The zero-order valence-corrected chi connectivity index (χ0v) is 15.0. The van der Waals surface area contributed by atoms with Gasteiger partial charge in [-0.25, -0.2) is 4.79 Å². The lowest BCUT2D eigenvalue weighted by Gasteiger charge is -2.24. The van der Waals surface area contributed by atoms with Crippen molar-refractivity contribution in [3.8, 4) is 0 Å². The molecule has 23 heavy (non-hydrogen) atoms. The number of aryl methyl sites for hydroxylation is 2. The number of carbonyl (C=O) groups is 1. The first-order valence-electron chi connectivity index (χ1n) is 7.86. The largest absolute Gasteiger partial charge is 0.336 e. The molecule has 2 aromatic rings. The van der Waals surface area contributed by atoms with Crippen molar-refractivity contribution in [1.82, 2.24) is 10.2 Å². The second-order valence-corrected chi connectivity index (χ2v) is 6.77. The van der Waals surface area contributed by atoms with Gasteiger partial charge in [-0.05, 0) is 50.0 Å². The summed E-state index contributed by atoms with van der Waals surface area (Å²) in [6.45, 7) is 4.69. The number of nitrogens with one attached hydrogen (secondary N) is 2. The molecule has 0 spiro atoms. The maximum absolute atomic E-state index is 12.3. The van der Waals surface area contributed by atoms with E-state index in [0.717, 1.165) is 23.2 Å². The number of hydrogen-bond acceptors (Lipinski definition) is 3. The molecule has 1 atom stereocenters. The van der Waals surface area contributed by atoms with Crippen LogP contribution in [-0.4, -0.2) is 31.6 Å². The normalized spacial score (nSPS) is 12.2. The molecule has 1 aromatic heterocycles. The van der Waals surface area contributed by atoms with Crippen molar-refractivity contribution in [2.75, 3.05) is 26.0 Å². The van der Waals surface area contributed by atoms with E-state index < -0.39 is 0 Å². The average molecular weight is 331 g/mol. The SMILES string of the molecule is CCc1cccc(C)c1NC(=O)NCC(c1cccs1)N(C)C. The first-order chi connectivity index (χ1) is 11.0. The molecule has 1 unspecified atom stereocenters. The monoisotopic (exact) mass is 331 g/mol. The van der Waals surface area contributed by atoms with Crippen LogP contribution in [0.25, 0.3) is 0 Å². The number of thiophene rings is 1. The van der Waals surface area contributed by atoms with Crippen molar-refractivity contribution in [2.45, 2.75) is 26.3 Å². The molecule has 124 valence electrons. The number of nitrogens with zero attached hydrogens (tertiary/aromatic N) is 1. The van der Waals surface area contributed by atoms with Crippen molar-refractivity contribution in [3.05, 3.63) is 51.7 Å². The molecule has 0 aliphatic carbocycles. The van der Waals surface area contributed by atoms with Crippen LogP contribution in [0.15, 0.2) is 35.7 Å². The third kappa shape index (κ3) is 4.56. The Kier molecular flexibility index (Phi) is 6.19. The summed E-state index contributed by atoms with van der Waals surface area (Å²) >= 11 is 1.71. The van der Waals surface area contributed by atoms with Crippen LogP contribution in [0.1, 0.15) is 29.0 Å². The molecule has 0 aliphatic heterocycles. The molecular formula is C18H25N3OS. The van der Waals surface area contributed by atoms with E-state index in [9.17, 15) is 4.79 Å². The number of carbonyl (C=O) groups excluding carboxylic acids is 1. The van der Waals surface area contributed by atoms with Crippen molar-refractivity contribution >= 4 is 23.1 Å². The second kappa shape index (κ2) is 8.13. The van der Waals surface area contributed by atoms with Crippen LogP contribution in [0.2, 0.25) is 0 Å². The Hall–Kier alpha value is -1.85. The highest BCUT2D eigenvalue weighted by molar-refractivity contribution is 7.10. The van der Waals surface area contributed by atoms with Gasteiger partial charge < -0.3 is 15.5 Å². The zero-order chi connectivity index (χ0) is 16.8. The average Bonchev–Trinajstić information content (AvgIpc) is 3.03. The molecule has 2 amide bonds. The van der Waals surface area contributed by atoms with Gasteiger partial charge in [0.2, 0.25) is 0 Å². The smallest absolute Gasteiger partial charge is 0.319 e. The summed E-state index contributed by atoms with van der Waals surface area (Å²) in [6.07, 6.45) is 0.896. The molecule has 0 bridgehead atoms. The molecule has 5 heteroatoms. The predicted molar refractivity (Wildman–Crippen MR) is 98.3 cm³/mol. The van der Waals surface area contributed by atoms with Gasteiger partial charge in [-0.1, -0.05) is 31.2 Å². The van der Waals surface area contributed by atoms with Gasteiger partial charge >= 0.3 is 6.03 Å². The topological polar surface area (TPSA) is 44.4 Å². The summed E-state index contributed by atoms with van der Waals surface area (Å²) in [5, 5.41) is 8.06. The fourth-order valence-corrected chi connectivity index (χ4v) is 3.49. The van der Waals surface area contributed by atoms with Crippen molar-refractivity contribution in [1.29, 1.82) is 0 Å². The highest BCUT2D eigenvalue weighted by Gasteiger charge is 2.16. The van der Waals surface area contributed by atoms with Gasteiger partial charge in [-0.15, -0.1) is 11.3 Å². The molecule has 1 aromatic carbocycles. The van der Waals surface area contributed by atoms with E-state index in [4.69, 9.17) is 0 Å². The van der Waals surface area contributed by atoms with Crippen LogP contribution < -0.4 is 10.6 Å². The van der Waals surface area contributed by atoms with Crippen LogP contribution in [0.5, 0.6) is 0 Å². The lowest BCUT2D eigenvalue weighted by atomic mass is 10.1. The van der Waals surface area contributed by atoms with E-state index in [1.807, 2.05) is 39.2 Å². The fraction of sp³-hybridized carbons (Fsp3) is 0.389. The van der Waals surface area contributed by atoms with Crippen LogP contribution in [0, 0.1) is 6.92 Å². The predicted octanol–water partition coefficient (Wildman–Crippen LogP) is 4.04. The van der Waals surface area contributed by atoms with E-state index in [2.05, 4.69) is 40.0 Å². The lowest BCUT2D eigenvalue weighted by molar-refractivity contribution is 0.244. The van der Waals surface area contributed by atoms with Gasteiger partial charge in [0.25, 0.3) is 0 Å². The summed E-state index contributed by atoms with van der Waals surface area (Å²) in [5.74, 6) is 0. The highest BCUT2D eigenvalue weighted by atomic mass is 32.1. The zero-order valence-electron chi connectivity index (χ0n) is 14.2. The van der Waals surface area contributed by atoms with Crippen molar-refractivity contribution in [3.63, 3.8) is 0 Å². The number of rotatable bonds is 6. The van der Waals surface area contributed by atoms with E-state index >= 15 is 0 Å². The summed E-state index contributed by atoms with van der Waals surface area (Å²) in [5.41, 5.74) is 3.16. The van der Waals surface area contributed by atoms with Crippen LogP contribution >= 0.6 is 11.3 Å². The van der Waals surface area contributed by atoms with E-state index in [1.165, 1.54) is 4.88 Å². The van der Waals surface area contributed by atoms with Gasteiger partial charge in [-0.3, -0.25) is 0 Å². The number of amides is 2. The standard InChI is InChI=1S/C18H25N3OS/c1-5-14-9-6-8-13(2)17(14)20-18(22)19-12-15(21(3)4)16-10-7-11-23-16/h6-11,15H,5,12H2,1-4H3,(H2,19,20,22). The summed E-state index contributed by atoms with van der Waals surface area (Å²) in [7, 11) is 4.06. The molecule has 2 N–H and O–H groups in total. The molecule has 2 rings (SSSR count). The van der Waals surface area contributed by atoms with Crippen LogP contribution in [-0.2, 0) is 6.42 Å². The van der Waals surface area contributed by atoms with Crippen molar-refractivity contribution < 1.29 is 4.79 Å². The Balaban J connectivity index is 2.00. The maximum atomic E-state index is 12.3. The molecule has 0 saturated heterocycles. The second-order valence-electron chi connectivity index (χ2n) is 5.79. The number of benzene rings is 1. The van der Waals surface area contributed by atoms with E-state index in [0.29, 0.717) is 6.54 Å². The molecule has 0 fully saturated rings. The summed E-state index contributed by atoms with van der Waals surface area (Å²) < 4.78 is 0. The Morgan fingerprint density at radius 3 is 2.65 bits per heavy atom. The first kappa shape index (κ1) is 17.5. The highest BCUT2D eigenvalue weighted by Crippen LogP contribution is 2.23. The third-order valence-electron chi connectivity index (χ3n) is 3.93. The third-order valence-corrected chi connectivity index (χ3v) is 4.90. The Bertz CT molecular complexity index is 638. The van der Waals surface area contributed by atoms with Crippen LogP contribution in [0.4, 0.5) is 10.5 Å². The minimum absolute atomic E-state index is 0.155. The minimum atomic E-state index is -0.155. The Labute approximate surface area is 142 Å². The molecular weight excluding hydrogens is 306 g/mol. The molecule has 1 heterocycles. The van der Waals surface area contributed by atoms with E-state index in [1.54, 1.807) is 11.3 Å². The minimum Gasteiger partial charge on any atom is -0.336 e. The number of hydrogen-bond donors (Lipinski definition) is 2. The number of likely N-dealkylation sites (N-methyl/N-ethyl adjacent to an activating group) is 1. The van der Waals surface area contributed by atoms with Crippen molar-refractivity contribution in [2.24, 2.45) is 0 Å². The number of urea groups is 1. The molecule has 0 radical (unpaired) electrons. The van der Waals surface area contributed by atoms with Gasteiger partial charge in [0, 0.05) is 17.1 Å². The van der Waals surface area contributed by atoms with Gasteiger partial charge in [-0.2, -0.15) is 0 Å². The van der Waals surface area contributed by atoms with Gasteiger partial charge in [0.05, 0.1) is 6.04 Å². The first-order valence-corrected chi connectivity index (χ1v) is 8.74.